The highest BCUT2D eigenvalue weighted by molar-refractivity contribution is 6.59. The van der Waals surface area contributed by atoms with Gasteiger partial charge >= 0.3 is 6.09 Å². The molecule has 2 radical (unpaired) electrons. The fraction of sp³-hybridized carbons (Fsp3) is 0.444. The number of ether oxygens (including phenoxy) is 1. The number of amides is 2. The van der Waals surface area contributed by atoms with Gasteiger partial charge in [0.1, 0.15) is 12.6 Å². The maximum atomic E-state index is 13.3. The molecule has 0 heterocycles. The lowest BCUT2D eigenvalue weighted by atomic mass is 9.98. The SMILES string of the molecule is CC(C)[C@H](NC(=O)[C@H](C)N(C(=O)OCC1c2ccccc2-c2ccccc21)C(C)(C)C)[C](=O)[Al]. The third-order valence-electron chi connectivity index (χ3n) is 6.29. The lowest BCUT2D eigenvalue weighted by molar-refractivity contribution is -0.130. The van der Waals surface area contributed by atoms with Crippen molar-refractivity contribution in [2.75, 3.05) is 6.61 Å². The van der Waals surface area contributed by atoms with E-state index >= 15 is 0 Å². The number of nitrogens with zero attached hydrogens (tertiary/aromatic N) is 1. The second-order valence-corrected chi connectivity index (χ2v) is 10.7. The van der Waals surface area contributed by atoms with Gasteiger partial charge in [-0.3, -0.25) is 9.69 Å². The maximum absolute atomic E-state index is 13.3. The molecular formula is C27H33AlN2O4. The van der Waals surface area contributed by atoms with Crippen molar-refractivity contribution in [3.05, 3.63) is 59.7 Å². The largest absolute Gasteiger partial charge is 0.448 e. The lowest BCUT2D eigenvalue weighted by Gasteiger charge is -2.39. The van der Waals surface area contributed by atoms with E-state index in [2.05, 4.69) is 45.9 Å². The average molecular weight is 477 g/mol. The van der Waals surface area contributed by atoms with Crippen LogP contribution >= 0.6 is 0 Å². The van der Waals surface area contributed by atoms with Crippen LogP contribution in [0.15, 0.2) is 48.5 Å². The van der Waals surface area contributed by atoms with E-state index in [0.29, 0.717) is 0 Å². The van der Waals surface area contributed by atoms with Crippen molar-refractivity contribution in [3.63, 3.8) is 0 Å². The number of rotatable bonds is 7. The van der Waals surface area contributed by atoms with Crippen LogP contribution in [0.25, 0.3) is 11.1 Å². The molecule has 0 aromatic heterocycles. The predicted octanol–water partition coefficient (Wildman–Crippen LogP) is 4.26. The van der Waals surface area contributed by atoms with Crippen molar-refractivity contribution >= 4 is 32.9 Å². The van der Waals surface area contributed by atoms with Gasteiger partial charge in [-0.2, -0.15) is 0 Å². The summed E-state index contributed by atoms with van der Waals surface area (Å²) < 4.78 is 5.64. The molecule has 0 aliphatic heterocycles. The zero-order chi connectivity index (χ0) is 25.2. The van der Waals surface area contributed by atoms with Gasteiger partial charge in [0.05, 0.1) is 6.04 Å². The Hall–Kier alpha value is -2.62. The number of carbonyl (C=O) groups excluding carboxylic acids is 3. The smallest absolute Gasteiger partial charge is 0.410 e. The summed E-state index contributed by atoms with van der Waals surface area (Å²) in [6.07, 6.45) is -0.560. The third-order valence-corrected chi connectivity index (χ3v) is 6.65. The molecular weight excluding hydrogens is 443 g/mol. The van der Waals surface area contributed by atoms with Crippen LogP contribution in [0, 0.1) is 5.92 Å². The summed E-state index contributed by atoms with van der Waals surface area (Å²) in [5.41, 5.74) is 3.90. The molecule has 2 atom stereocenters. The molecule has 0 fully saturated rings. The van der Waals surface area contributed by atoms with Crippen LogP contribution in [0.3, 0.4) is 0 Å². The van der Waals surface area contributed by atoms with Crippen molar-refractivity contribution in [2.24, 2.45) is 5.92 Å². The minimum absolute atomic E-state index is 0.0673. The fourth-order valence-corrected chi connectivity index (χ4v) is 5.10. The normalized spacial score (nSPS) is 14.7. The molecule has 178 valence electrons. The first-order valence-electron chi connectivity index (χ1n) is 11.7. The van der Waals surface area contributed by atoms with E-state index in [9.17, 15) is 14.4 Å². The monoisotopic (exact) mass is 476 g/mol. The first-order chi connectivity index (χ1) is 15.9. The van der Waals surface area contributed by atoms with Crippen molar-refractivity contribution in [2.45, 2.75) is 65.1 Å². The van der Waals surface area contributed by atoms with E-state index in [0.717, 1.165) is 22.3 Å². The Kier molecular flexibility index (Phi) is 7.90. The molecule has 2 amide bonds. The van der Waals surface area contributed by atoms with Crippen LogP contribution in [0.2, 0.25) is 0 Å². The van der Waals surface area contributed by atoms with Gasteiger partial charge in [-0.05, 0) is 55.9 Å². The minimum atomic E-state index is -0.818. The third kappa shape index (κ3) is 5.37. The summed E-state index contributed by atoms with van der Waals surface area (Å²) in [6.45, 7) is 11.1. The van der Waals surface area contributed by atoms with E-state index in [1.165, 1.54) is 4.90 Å². The highest BCUT2D eigenvalue weighted by Crippen LogP contribution is 2.44. The predicted molar refractivity (Wildman–Crippen MR) is 134 cm³/mol. The van der Waals surface area contributed by atoms with Gasteiger partial charge in [-0.25, -0.2) is 4.79 Å². The molecule has 0 bridgehead atoms. The maximum Gasteiger partial charge on any atom is 0.410 e. The molecule has 7 heteroatoms. The zero-order valence-corrected chi connectivity index (χ0v) is 21.9. The van der Waals surface area contributed by atoms with Crippen molar-refractivity contribution in [1.82, 2.24) is 10.2 Å². The molecule has 2 aromatic rings. The number of hydrogen-bond acceptors (Lipinski definition) is 4. The molecule has 34 heavy (non-hydrogen) atoms. The first kappa shape index (κ1) is 26.0. The zero-order valence-electron chi connectivity index (χ0n) is 20.8. The van der Waals surface area contributed by atoms with Crippen LogP contribution in [0.4, 0.5) is 4.79 Å². The van der Waals surface area contributed by atoms with Gasteiger partial charge < -0.3 is 14.8 Å². The van der Waals surface area contributed by atoms with Crippen LogP contribution in [0.1, 0.15) is 58.6 Å². The lowest BCUT2D eigenvalue weighted by Crippen LogP contribution is -2.58. The summed E-state index contributed by atoms with van der Waals surface area (Å²) >= 11 is 2.12. The van der Waals surface area contributed by atoms with E-state index in [4.69, 9.17) is 4.74 Å². The number of nitrogens with one attached hydrogen (secondary N) is 1. The van der Waals surface area contributed by atoms with Crippen LogP contribution in [-0.2, 0) is 14.3 Å². The van der Waals surface area contributed by atoms with E-state index in [1.807, 2.05) is 58.9 Å². The van der Waals surface area contributed by atoms with Crippen LogP contribution in [0.5, 0.6) is 0 Å². The van der Waals surface area contributed by atoms with Gasteiger partial charge in [0.25, 0.3) is 0 Å². The van der Waals surface area contributed by atoms with Gasteiger partial charge in [0.15, 0.2) is 0 Å². The van der Waals surface area contributed by atoms with Crippen LogP contribution < -0.4 is 5.32 Å². The van der Waals surface area contributed by atoms with Gasteiger partial charge in [-0.15, -0.1) is 0 Å². The Morgan fingerprint density at radius 3 is 1.91 bits per heavy atom. The van der Waals surface area contributed by atoms with Crippen LogP contribution in [-0.4, -0.2) is 62.1 Å². The summed E-state index contributed by atoms with van der Waals surface area (Å²) in [7, 11) is 0. The first-order valence-corrected chi connectivity index (χ1v) is 12.2. The Labute approximate surface area is 210 Å². The summed E-state index contributed by atoms with van der Waals surface area (Å²) in [4.78, 5) is 39.7. The average Bonchev–Trinajstić information content (AvgIpc) is 3.08. The standard InChI is InChI=1S/C27H33N2O4.Al/c1-17(2)24(15-30)28-25(31)18(3)29(27(4,5)6)26(32)33-16-23-21-13-9-7-11-19(21)20-12-8-10-14-22(20)23;/h7-14,17-18,23-24H,16H2,1-6H3,(H,28,31);/t18-,24+;/m0./s1. The molecule has 3 rings (SSSR count). The van der Waals surface area contributed by atoms with Gasteiger partial charge in [-0.1, -0.05) is 62.4 Å². The number of carbonyl (C=O) groups is 3. The Balaban J connectivity index is 1.78. The molecule has 6 nitrogen and oxygen atoms in total. The van der Waals surface area contributed by atoms with Crippen molar-refractivity contribution in [1.29, 1.82) is 0 Å². The second kappa shape index (κ2) is 10.3. The molecule has 1 aliphatic rings. The van der Waals surface area contributed by atoms with E-state index in [-0.39, 0.29) is 23.1 Å². The molecule has 2 aromatic carbocycles. The molecule has 1 N–H and O–H groups in total. The van der Waals surface area contributed by atoms with Gasteiger partial charge in [0, 0.05) is 16.1 Å². The highest BCUT2D eigenvalue weighted by atomic mass is 27.0. The summed E-state index contributed by atoms with van der Waals surface area (Å²) in [5.74, 6) is -0.529. The molecule has 0 saturated heterocycles. The van der Waals surface area contributed by atoms with Gasteiger partial charge in [0.2, 0.25) is 22.2 Å². The second-order valence-electron chi connectivity index (χ2n) is 10.2. The number of benzene rings is 2. The summed E-state index contributed by atoms with van der Waals surface area (Å²) in [5, 5.41) is 2.79. The Morgan fingerprint density at radius 2 is 1.47 bits per heavy atom. The minimum Gasteiger partial charge on any atom is -0.448 e. The molecule has 0 unspecified atom stereocenters. The molecule has 0 spiro atoms. The number of fused-ring (bicyclic) bond motifs is 3. The number of hydrogen-bond donors (Lipinski definition) is 1. The van der Waals surface area contributed by atoms with E-state index < -0.39 is 29.6 Å². The molecule has 0 saturated carbocycles. The topological polar surface area (TPSA) is 75.7 Å². The summed E-state index contributed by atoms with van der Waals surface area (Å²) in [6, 6.07) is 14.9. The Morgan fingerprint density at radius 1 is 0.971 bits per heavy atom. The quantitative estimate of drug-likeness (QED) is 0.606. The Bertz CT molecular complexity index is 1030. The van der Waals surface area contributed by atoms with Crippen molar-refractivity contribution in [3.8, 4) is 11.1 Å². The van der Waals surface area contributed by atoms with Crippen molar-refractivity contribution < 1.29 is 19.1 Å². The highest BCUT2D eigenvalue weighted by Gasteiger charge is 2.38. The fourth-order valence-electron chi connectivity index (χ4n) is 4.63. The van der Waals surface area contributed by atoms with E-state index in [1.54, 1.807) is 6.92 Å². The molecule has 1 aliphatic carbocycles.